The lowest BCUT2D eigenvalue weighted by atomic mass is 10.1. The van der Waals surface area contributed by atoms with Crippen LogP contribution in [0.1, 0.15) is 21.5 Å². The summed E-state index contributed by atoms with van der Waals surface area (Å²) in [6, 6.07) is 14.5. The van der Waals surface area contributed by atoms with Crippen LogP contribution in [0.15, 0.2) is 73.1 Å². The Bertz CT molecular complexity index is 1840. The smallest absolute Gasteiger partial charge is 0.490 e. The molecular formula is C32H28F7N5O6. The lowest BCUT2D eigenvalue weighted by Gasteiger charge is -2.30. The van der Waals surface area contributed by atoms with Crippen molar-refractivity contribution in [1.82, 2.24) is 9.78 Å². The SMILES string of the molecule is COc1cc(NC(=O)c2cccc(-n3cc(NC(=O)Cc4ccc(F)c(C(F)(F)F)c4)cn3)c2)ccc1N1CCOCC1.O=C(O)C(F)(F)F. The number of nitrogens with zero attached hydrogens (tertiary/aromatic N) is 3. The van der Waals surface area contributed by atoms with E-state index in [4.69, 9.17) is 19.4 Å². The minimum absolute atomic E-state index is 0.00526. The molecule has 0 aliphatic carbocycles. The maximum atomic E-state index is 13.5. The van der Waals surface area contributed by atoms with E-state index >= 15 is 0 Å². The number of rotatable bonds is 8. The van der Waals surface area contributed by atoms with Crippen LogP contribution in [-0.4, -0.2) is 72.3 Å². The maximum absolute atomic E-state index is 13.5. The molecule has 18 heteroatoms. The summed E-state index contributed by atoms with van der Waals surface area (Å²) in [6.07, 6.45) is -7.50. The fraction of sp³-hybridized carbons (Fsp3) is 0.250. The Labute approximate surface area is 279 Å². The van der Waals surface area contributed by atoms with E-state index in [-0.39, 0.29) is 17.2 Å². The fourth-order valence-corrected chi connectivity index (χ4v) is 4.63. The highest BCUT2D eigenvalue weighted by atomic mass is 19.4. The number of alkyl halides is 6. The monoisotopic (exact) mass is 711 g/mol. The van der Waals surface area contributed by atoms with Crippen molar-refractivity contribution in [2.75, 3.05) is 48.9 Å². The first-order chi connectivity index (χ1) is 23.5. The van der Waals surface area contributed by atoms with Crippen molar-refractivity contribution in [2.24, 2.45) is 0 Å². The number of hydrogen-bond acceptors (Lipinski definition) is 7. The number of carboxylic acid groups (broad SMARTS) is 1. The number of amides is 2. The fourth-order valence-electron chi connectivity index (χ4n) is 4.63. The van der Waals surface area contributed by atoms with Gasteiger partial charge in [0.15, 0.2) is 0 Å². The zero-order valence-corrected chi connectivity index (χ0v) is 25.9. The Kier molecular flexibility index (Phi) is 11.7. The quantitative estimate of drug-likeness (QED) is 0.191. The number of halogens is 7. The number of anilines is 3. The Hall–Kier alpha value is -5.65. The zero-order valence-electron chi connectivity index (χ0n) is 25.9. The lowest BCUT2D eigenvalue weighted by Crippen LogP contribution is -2.36. The topological polar surface area (TPSA) is 135 Å². The Balaban J connectivity index is 0.000000727. The summed E-state index contributed by atoms with van der Waals surface area (Å²) in [5.41, 5.74) is 1.20. The van der Waals surface area contributed by atoms with Crippen LogP contribution in [0.3, 0.4) is 0 Å². The molecule has 1 aromatic heterocycles. The van der Waals surface area contributed by atoms with Gasteiger partial charge in [0.2, 0.25) is 5.91 Å². The van der Waals surface area contributed by atoms with Gasteiger partial charge in [-0.15, -0.1) is 0 Å². The molecule has 266 valence electrons. The molecule has 3 N–H and O–H groups in total. The molecule has 0 bridgehead atoms. The molecule has 0 unspecified atom stereocenters. The summed E-state index contributed by atoms with van der Waals surface area (Å²) in [5, 5.41) is 16.8. The van der Waals surface area contributed by atoms with E-state index in [1.165, 1.54) is 17.1 Å². The number of morpholine rings is 1. The highest BCUT2D eigenvalue weighted by Gasteiger charge is 2.38. The summed E-state index contributed by atoms with van der Waals surface area (Å²) in [5.74, 6) is -4.51. The predicted molar refractivity (Wildman–Crippen MR) is 165 cm³/mol. The van der Waals surface area contributed by atoms with Crippen molar-refractivity contribution in [3.63, 3.8) is 0 Å². The summed E-state index contributed by atoms with van der Waals surface area (Å²) in [7, 11) is 1.57. The predicted octanol–water partition coefficient (Wildman–Crippen LogP) is 5.94. The van der Waals surface area contributed by atoms with E-state index in [9.17, 15) is 40.3 Å². The van der Waals surface area contributed by atoms with E-state index in [0.717, 1.165) is 24.8 Å². The minimum atomic E-state index is -5.08. The molecule has 1 saturated heterocycles. The largest absolute Gasteiger partial charge is 0.495 e. The van der Waals surface area contributed by atoms with Crippen molar-refractivity contribution in [3.8, 4) is 11.4 Å². The van der Waals surface area contributed by atoms with Gasteiger partial charge in [0.25, 0.3) is 5.91 Å². The van der Waals surface area contributed by atoms with Gasteiger partial charge in [-0.3, -0.25) is 9.59 Å². The van der Waals surface area contributed by atoms with Crippen LogP contribution in [0.4, 0.5) is 47.8 Å². The second-order valence-electron chi connectivity index (χ2n) is 10.5. The summed E-state index contributed by atoms with van der Waals surface area (Å²) in [6.45, 7) is 2.74. The average Bonchev–Trinajstić information content (AvgIpc) is 3.53. The van der Waals surface area contributed by atoms with Crippen molar-refractivity contribution >= 4 is 34.8 Å². The third kappa shape index (κ3) is 9.94. The van der Waals surface area contributed by atoms with Gasteiger partial charge < -0.3 is 30.1 Å². The van der Waals surface area contributed by atoms with Crippen molar-refractivity contribution in [3.05, 3.63) is 95.6 Å². The second-order valence-corrected chi connectivity index (χ2v) is 10.5. The average molecular weight is 712 g/mol. The molecule has 4 aromatic rings. The van der Waals surface area contributed by atoms with Crippen molar-refractivity contribution in [1.29, 1.82) is 0 Å². The van der Waals surface area contributed by atoms with Gasteiger partial charge in [-0.2, -0.15) is 31.4 Å². The molecule has 3 aromatic carbocycles. The number of aromatic nitrogens is 2. The molecular weight excluding hydrogens is 683 g/mol. The molecule has 2 amide bonds. The normalized spacial score (nSPS) is 13.2. The molecule has 5 rings (SSSR count). The lowest BCUT2D eigenvalue weighted by molar-refractivity contribution is -0.192. The number of carbonyl (C=O) groups is 3. The molecule has 50 heavy (non-hydrogen) atoms. The first-order valence-corrected chi connectivity index (χ1v) is 14.5. The van der Waals surface area contributed by atoms with Crippen LogP contribution in [-0.2, 0) is 26.9 Å². The van der Waals surface area contributed by atoms with Gasteiger partial charge in [0, 0.05) is 30.4 Å². The standard InChI is InChI=1S/C30H27F4N5O4.C2HF3O2/c1-42-27-16-21(6-8-26(27)38-9-11-43-12-10-38)37-29(41)20-3-2-4-23(15-20)39-18-22(17-35-39)36-28(40)14-19-5-7-25(31)24(13-19)30(32,33)34;3-2(4,5)1(6)7/h2-8,13,15-18H,9-12,14H2,1H3,(H,36,40)(H,37,41);(H,6,7). The zero-order chi connectivity index (χ0) is 36.6. The van der Waals surface area contributed by atoms with Crippen molar-refractivity contribution in [2.45, 2.75) is 18.8 Å². The molecule has 1 aliphatic heterocycles. The molecule has 0 radical (unpaired) electrons. The number of ether oxygens (including phenoxy) is 2. The van der Waals surface area contributed by atoms with Crippen molar-refractivity contribution < 1.29 is 59.7 Å². The first kappa shape index (κ1) is 37.2. The highest BCUT2D eigenvalue weighted by Crippen LogP contribution is 2.33. The minimum Gasteiger partial charge on any atom is -0.495 e. The van der Waals surface area contributed by atoms with Gasteiger partial charge in [-0.25, -0.2) is 13.9 Å². The van der Waals surface area contributed by atoms with Crippen LogP contribution in [0.5, 0.6) is 5.75 Å². The number of carboxylic acids is 1. The van der Waals surface area contributed by atoms with Crippen LogP contribution >= 0.6 is 0 Å². The third-order valence-electron chi connectivity index (χ3n) is 6.97. The molecule has 0 atom stereocenters. The van der Waals surface area contributed by atoms with Gasteiger partial charge in [-0.1, -0.05) is 12.1 Å². The summed E-state index contributed by atoms with van der Waals surface area (Å²) in [4.78, 5) is 36.6. The third-order valence-corrected chi connectivity index (χ3v) is 6.97. The van der Waals surface area contributed by atoms with E-state index in [1.807, 2.05) is 6.07 Å². The van der Waals surface area contributed by atoms with Gasteiger partial charge in [0.1, 0.15) is 11.6 Å². The molecule has 11 nitrogen and oxygen atoms in total. The number of aliphatic carboxylic acids is 1. The summed E-state index contributed by atoms with van der Waals surface area (Å²) < 4.78 is 96.6. The molecule has 2 heterocycles. The Morgan fingerprint density at radius 2 is 1.64 bits per heavy atom. The number of carbonyl (C=O) groups excluding carboxylic acids is 2. The van der Waals surface area contributed by atoms with Gasteiger partial charge >= 0.3 is 18.3 Å². The number of methoxy groups -OCH3 is 1. The van der Waals surface area contributed by atoms with Crippen LogP contribution in [0, 0.1) is 5.82 Å². The van der Waals surface area contributed by atoms with Gasteiger partial charge in [0.05, 0.1) is 61.8 Å². The van der Waals surface area contributed by atoms with Crippen LogP contribution in [0.25, 0.3) is 5.69 Å². The van der Waals surface area contributed by atoms with Crippen LogP contribution in [0.2, 0.25) is 0 Å². The van der Waals surface area contributed by atoms with E-state index in [2.05, 4.69) is 20.6 Å². The molecule has 1 fully saturated rings. The number of hydrogen-bond donors (Lipinski definition) is 3. The maximum Gasteiger partial charge on any atom is 0.490 e. The summed E-state index contributed by atoms with van der Waals surface area (Å²) >= 11 is 0. The highest BCUT2D eigenvalue weighted by molar-refractivity contribution is 6.04. The molecule has 1 aliphatic rings. The Morgan fingerprint density at radius 3 is 2.28 bits per heavy atom. The molecule has 0 saturated carbocycles. The van der Waals surface area contributed by atoms with Gasteiger partial charge in [-0.05, 0) is 48.0 Å². The van der Waals surface area contributed by atoms with E-state index in [1.54, 1.807) is 43.5 Å². The first-order valence-electron chi connectivity index (χ1n) is 14.5. The molecule has 0 spiro atoms. The number of nitrogens with one attached hydrogen (secondary N) is 2. The Morgan fingerprint density at radius 1 is 0.940 bits per heavy atom. The van der Waals surface area contributed by atoms with Crippen LogP contribution < -0.4 is 20.3 Å². The van der Waals surface area contributed by atoms with E-state index < -0.39 is 42.0 Å². The second kappa shape index (κ2) is 15.7. The van der Waals surface area contributed by atoms with E-state index in [0.29, 0.717) is 48.0 Å². The number of benzene rings is 3.